The third-order valence-electron chi connectivity index (χ3n) is 3.65. The molecular weight excluding hydrogens is 352 g/mol. The van der Waals surface area contributed by atoms with Gasteiger partial charge >= 0.3 is 0 Å². The molecule has 0 aliphatic heterocycles. The summed E-state index contributed by atoms with van der Waals surface area (Å²) in [6.07, 6.45) is 2.63. The fourth-order valence-corrected chi connectivity index (χ4v) is 2.79. The number of nitrogens with zero attached hydrogens (tertiary/aromatic N) is 3. The lowest BCUT2D eigenvalue weighted by Gasteiger charge is -2.16. The van der Waals surface area contributed by atoms with E-state index in [1.807, 2.05) is 20.2 Å². The van der Waals surface area contributed by atoms with Gasteiger partial charge in [-0.3, -0.25) is 4.79 Å². The van der Waals surface area contributed by atoms with Gasteiger partial charge in [0.25, 0.3) is 5.56 Å². The SMILES string of the molecule is COc1cccc(-c2nc(SC)[nH]c(=O)c2C#N)c1OCCCN(C)C. The van der Waals surface area contributed by atoms with E-state index in [4.69, 9.17) is 9.47 Å². The van der Waals surface area contributed by atoms with Crippen molar-refractivity contribution < 1.29 is 9.47 Å². The van der Waals surface area contributed by atoms with Crippen molar-refractivity contribution >= 4 is 11.8 Å². The molecule has 0 unspecified atom stereocenters. The van der Waals surface area contributed by atoms with E-state index in [1.54, 1.807) is 31.6 Å². The first kappa shape index (κ1) is 19.8. The van der Waals surface area contributed by atoms with Crippen molar-refractivity contribution in [3.63, 3.8) is 0 Å². The first-order chi connectivity index (χ1) is 12.5. The normalized spacial score (nSPS) is 10.6. The molecule has 8 heteroatoms. The molecule has 2 rings (SSSR count). The summed E-state index contributed by atoms with van der Waals surface area (Å²) in [7, 11) is 5.55. The Hall–Kier alpha value is -2.50. The van der Waals surface area contributed by atoms with Crippen molar-refractivity contribution in [1.82, 2.24) is 14.9 Å². The number of hydrogen-bond donors (Lipinski definition) is 1. The topological polar surface area (TPSA) is 91.2 Å². The highest BCUT2D eigenvalue weighted by molar-refractivity contribution is 7.98. The van der Waals surface area contributed by atoms with E-state index < -0.39 is 5.56 Å². The first-order valence-electron chi connectivity index (χ1n) is 8.05. The van der Waals surface area contributed by atoms with Gasteiger partial charge in [-0.05, 0) is 38.9 Å². The molecule has 1 N–H and O–H groups in total. The molecule has 2 aromatic rings. The van der Waals surface area contributed by atoms with Crippen LogP contribution in [0.5, 0.6) is 11.5 Å². The minimum Gasteiger partial charge on any atom is -0.493 e. The molecular formula is C18H22N4O3S. The van der Waals surface area contributed by atoms with Gasteiger partial charge in [0, 0.05) is 12.1 Å². The number of nitriles is 1. The van der Waals surface area contributed by atoms with Crippen LogP contribution in [0.3, 0.4) is 0 Å². The second-order valence-electron chi connectivity index (χ2n) is 5.75. The van der Waals surface area contributed by atoms with Gasteiger partial charge in [-0.1, -0.05) is 17.8 Å². The smallest absolute Gasteiger partial charge is 0.270 e. The van der Waals surface area contributed by atoms with E-state index in [-0.39, 0.29) is 5.56 Å². The molecule has 1 heterocycles. The second-order valence-corrected chi connectivity index (χ2v) is 6.55. The Morgan fingerprint density at radius 2 is 2.15 bits per heavy atom. The van der Waals surface area contributed by atoms with Gasteiger partial charge in [0.1, 0.15) is 17.3 Å². The monoisotopic (exact) mass is 374 g/mol. The number of benzene rings is 1. The zero-order valence-corrected chi connectivity index (χ0v) is 16.1. The van der Waals surface area contributed by atoms with E-state index in [0.717, 1.165) is 13.0 Å². The third kappa shape index (κ3) is 4.56. The van der Waals surface area contributed by atoms with Crippen LogP contribution in [0.25, 0.3) is 11.3 Å². The lowest BCUT2D eigenvalue weighted by atomic mass is 10.1. The Kier molecular flexibility index (Phi) is 7.06. The highest BCUT2D eigenvalue weighted by Gasteiger charge is 2.20. The maximum absolute atomic E-state index is 12.2. The zero-order chi connectivity index (χ0) is 19.1. The zero-order valence-electron chi connectivity index (χ0n) is 15.3. The van der Waals surface area contributed by atoms with Crippen molar-refractivity contribution in [2.45, 2.75) is 11.6 Å². The lowest BCUT2D eigenvalue weighted by Crippen LogP contribution is -2.16. The maximum atomic E-state index is 12.2. The molecule has 0 saturated carbocycles. The number of rotatable bonds is 8. The third-order valence-corrected chi connectivity index (χ3v) is 4.23. The predicted molar refractivity (Wildman–Crippen MR) is 102 cm³/mol. The molecule has 138 valence electrons. The maximum Gasteiger partial charge on any atom is 0.270 e. The van der Waals surface area contributed by atoms with Gasteiger partial charge in [-0.25, -0.2) is 4.98 Å². The van der Waals surface area contributed by atoms with E-state index in [2.05, 4.69) is 14.9 Å². The minimum atomic E-state index is -0.469. The molecule has 0 bridgehead atoms. The van der Waals surface area contributed by atoms with Crippen LogP contribution in [0.2, 0.25) is 0 Å². The van der Waals surface area contributed by atoms with E-state index in [1.165, 1.54) is 11.8 Å². The molecule has 0 radical (unpaired) electrons. The van der Waals surface area contributed by atoms with Crippen LogP contribution in [0.4, 0.5) is 0 Å². The lowest BCUT2D eigenvalue weighted by molar-refractivity contribution is 0.269. The second kappa shape index (κ2) is 9.27. The first-order valence-corrected chi connectivity index (χ1v) is 9.27. The summed E-state index contributed by atoms with van der Waals surface area (Å²) >= 11 is 1.30. The van der Waals surface area contributed by atoms with Gasteiger partial charge in [0.2, 0.25) is 0 Å². The number of para-hydroxylation sites is 1. The summed E-state index contributed by atoms with van der Waals surface area (Å²) in [6.45, 7) is 1.36. The van der Waals surface area contributed by atoms with Gasteiger partial charge in [-0.2, -0.15) is 5.26 Å². The Balaban J connectivity index is 2.51. The van der Waals surface area contributed by atoms with Crippen LogP contribution in [-0.2, 0) is 0 Å². The molecule has 0 fully saturated rings. The molecule has 7 nitrogen and oxygen atoms in total. The van der Waals surface area contributed by atoms with Crippen LogP contribution in [0.15, 0.2) is 28.2 Å². The molecule has 0 amide bonds. The van der Waals surface area contributed by atoms with Crippen molar-refractivity contribution in [2.24, 2.45) is 0 Å². The van der Waals surface area contributed by atoms with Crippen LogP contribution in [0, 0.1) is 11.3 Å². The molecule has 26 heavy (non-hydrogen) atoms. The van der Waals surface area contributed by atoms with E-state index in [9.17, 15) is 10.1 Å². The Morgan fingerprint density at radius 3 is 2.77 bits per heavy atom. The summed E-state index contributed by atoms with van der Waals surface area (Å²) in [4.78, 5) is 21.3. The minimum absolute atomic E-state index is 0.0470. The largest absolute Gasteiger partial charge is 0.493 e. The molecule has 0 atom stereocenters. The van der Waals surface area contributed by atoms with Gasteiger partial charge in [0.15, 0.2) is 16.7 Å². The standard InChI is InChI=1S/C18H22N4O3S/c1-22(2)9-6-10-25-16-12(7-5-8-14(16)24-3)15-13(11-19)17(23)21-18(20-15)26-4/h5,7-8H,6,9-10H2,1-4H3,(H,20,21,23). The molecule has 0 aliphatic carbocycles. The van der Waals surface area contributed by atoms with Crippen molar-refractivity contribution in [1.29, 1.82) is 5.26 Å². The number of hydrogen-bond acceptors (Lipinski definition) is 7. The summed E-state index contributed by atoms with van der Waals surface area (Å²) in [5, 5.41) is 9.86. The average Bonchev–Trinajstić information content (AvgIpc) is 2.64. The fourth-order valence-electron chi connectivity index (χ4n) is 2.41. The molecule has 1 aromatic heterocycles. The molecule has 0 spiro atoms. The summed E-state index contributed by atoms with van der Waals surface area (Å²) < 4.78 is 11.4. The van der Waals surface area contributed by atoms with Crippen LogP contribution in [-0.4, -0.2) is 55.5 Å². The van der Waals surface area contributed by atoms with Crippen molar-refractivity contribution in [3.8, 4) is 28.8 Å². The Bertz CT molecular complexity index is 858. The van der Waals surface area contributed by atoms with Crippen LogP contribution < -0.4 is 15.0 Å². The number of methoxy groups -OCH3 is 1. The average molecular weight is 374 g/mol. The molecule has 1 aromatic carbocycles. The quantitative estimate of drug-likeness (QED) is 0.431. The van der Waals surface area contributed by atoms with Gasteiger partial charge in [-0.15, -0.1) is 0 Å². The number of aromatic amines is 1. The highest BCUT2D eigenvalue weighted by atomic mass is 32.2. The number of aromatic nitrogens is 2. The van der Waals surface area contributed by atoms with Crippen LogP contribution >= 0.6 is 11.8 Å². The summed E-state index contributed by atoms with van der Waals surface area (Å²) in [5.41, 5.74) is 0.340. The van der Waals surface area contributed by atoms with E-state index >= 15 is 0 Å². The number of H-pyrrole nitrogens is 1. The van der Waals surface area contributed by atoms with Gasteiger partial charge in [0.05, 0.1) is 13.7 Å². The van der Waals surface area contributed by atoms with Crippen molar-refractivity contribution in [3.05, 3.63) is 34.1 Å². The van der Waals surface area contributed by atoms with Gasteiger partial charge < -0.3 is 19.4 Å². The summed E-state index contributed by atoms with van der Waals surface area (Å²) in [6, 6.07) is 7.27. The number of ether oxygens (including phenoxy) is 2. The highest BCUT2D eigenvalue weighted by Crippen LogP contribution is 2.38. The van der Waals surface area contributed by atoms with Crippen molar-refractivity contribution in [2.75, 3.05) is 40.6 Å². The fraction of sp³-hybridized carbons (Fsp3) is 0.389. The summed E-state index contributed by atoms with van der Waals surface area (Å²) in [5.74, 6) is 1.01. The van der Waals surface area contributed by atoms with Crippen LogP contribution in [0.1, 0.15) is 12.0 Å². The Morgan fingerprint density at radius 1 is 1.38 bits per heavy atom. The predicted octanol–water partition coefficient (Wildman–Crippen LogP) is 2.37. The Labute approximate surface area is 157 Å². The molecule has 0 aliphatic rings. The van der Waals surface area contributed by atoms with E-state index in [0.29, 0.717) is 34.5 Å². The number of thioether (sulfide) groups is 1. The number of nitrogens with one attached hydrogen (secondary N) is 1. The molecule has 0 saturated heterocycles.